The highest BCUT2D eigenvalue weighted by atomic mass is 19.1. The minimum Gasteiger partial charge on any atom is -0.355 e. The average Bonchev–Trinajstić information content (AvgIpc) is 2.39. The van der Waals surface area contributed by atoms with Gasteiger partial charge in [-0.05, 0) is 36.4 Å². The second-order valence-electron chi connectivity index (χ2n) is 3.74. The minimum atomic E-state index is -0.332. The number of halogens is 1. The quantitative estimate of drug-likeness (QED) is 0.638. The van der Waals surface area contributed by atoms with Gasteiger partial charge in [0, 0.05) is 28.7 Å². The lowest BCUT2D eigenvalue weighted by Gasteiger charge is -2.09. The van der Waals surface area contributed by atoms with Crippen LogP contribution < -0.4 is 5.32 Å². The Hall–Kier alpha value is -2.49. The summed E-state index contributed by atoms with van der Waals surface area (Å²) in [6.07, 6.45) is 1.87. The van der Waals surface area contributed by atoms with Crippen LogP contribution >= 0.6 is 0 Å². The van der Waals surface area contributed by atoms with E-state index in [-0.39, 0.29) is 5.82 Å². The molecular weight excluding hydrogens is 231 g/mol. The number of carbonyl (C=O) groups is 1. The molecule has 0 aromatic heterocycles. The standard InChI is InChI=1S/C14H11FN2O/c15-12-2-1-3-13(7-12)17-14-5-4-10(9-18)6-11(14)8-16/h1-9,16-17H. The molecule has 0 unspecified atom stereocenters. The Bertz CT molecular complexity index is 596. The smallest absolute Gasteiger partial charge is 0.150 e. The molecule has 4 heteroatoms. The zero-order valence-electron chi connectivity index (χ0n) is 9.48. The van der Waals surface area contributed by atoms with Gasteiger partial charge in [0.25, 0.3) is 0 Å². The molecule has 0 spiro atoms. The highest BCUT2D eigenvalue weighted by Gasteiger charge is 2.03. The molecule has 90 valence electrons. The van der Waals surface area contributed by atoms with Gasteiger partial charge in [0.1, 0.15) is 12.1 Å². The molecule has 0 heterocycles. The zero-order chi connectivity index (χ0) is 13.0. The van der Waals surface area contributed by atoms with Crippen molar-refractivity contribution in [3.63, 3.8) is 0 Å². The Morgan fingerprint density at radius 3 is 2.67 bits per heavy atom. The SMILES string of the molecule is N=Cc1cc(C=O)ccc1Nc1cccc(F)c1. The molecular formula is C14H11FN2O. The second kappa shape index (κ2) is 5.23. The molecule has 3 nitrogen and oxygen atoms in total. The van der Waals surface area contributed by atoms with E-state index in [4.69, 9.17) is 5.41 Å². The molecule has 2 aromatic rings. The molecule has 0 saturated carbocycles. The molecule has 18 heavy (non-hydrogen) atoms. The predicted molar refractivity (Wildman–Crippen MR) is 69.4 cm³/mol. The van der Waals surface area contributed by atoms with Crippen molar-refractivity contribution in [3.8, 4) is 0 Å². The summed E-state index contributed by atoms with van der Waals surface area (Å²) < 4.78 is 13.0. The average molecular weight is 242 g/mol. The first kappa shape index (κ1) is 12.0. The van der Waals surface area contributed by atoms with Gasteiger partial charge in [-0.1, -0.05) is 6.07 Å². The van der Waals surface area contributed by atoms with Gasteiger partial charge in [0.15, 0.2) is 0 Å². The molecule has 0 bridgehead atoms. The summed E-state index contributed by atoms with van der Waals surface area (Å²) in [7, 11) is 0. The van der Waals surface area contributed by atoms with Crippen molar-refractivity contribution >= 4 is 23.9 Å². The van der Waals surface area contributed by atoms with E-state index in [9.17, 15) is 9.18 Å². The van der Waals surface area contributed by atoms with Gasteiger partial charge in [-0.2, -0.15) is 0 Å². The lowest BCUT2D eigenvalue weighted by atomic mass is 10.1. The zero-order valence-corrected chi connectivity index (χ0v) is 9.48. The molecule has 0 aliphatic carbocycles. The number of benzene rings is 2. The number of hydrogen-bond donors (Lipinski definition) is 2. The van der Waals surface area contributed by atoms with Crippen molar-refractivity contribution in [3.05, 3.63) is 59.4 Å². The highest BCUT2D eigenvalue weighted by molar-refractivity contribution is 5.90. The number of anilines is 2. The first-order valence-electron chi connectivity index (χ1n) is 5.35. The van der Waals surface area contributed by atoms with Gasteiger partial charge in [-0.15, -0.1) is 0 Å². The fourth-order valence-corrected chi connectivity index (χ4v) is 1.61. The Morgan fingerprint density at radius 1 is 1.17 bits per heavy atom. The van der Waals surface area contributed by atoms with Crippen LogP contribution in [0.15, 0.2) is 42.5 Å². The first-order valence-corrected chi connectivity index (χ1v) is 5.35. The number of nitrogens with one attached hydrogen (secondary N) is 2. The molecule has 0 radical (unpaired) electrons. The van der Waals surface area contributed by atoms with E-state index in [1.165, 1.54) is 12.1 Å². The highest BCUT2D eigenvalue weighted by Crippen LogP contribution is 2.21. The normalized spacial score (nSPS) is 9.83. The van der Waals surface area contributed by atoms with E-state index >= 15 is 0 Å². The van der Waals surface area contributed by atoms with Crippen LogP contribution in [0.2, 0.25) is 0 Å². The van der Waals surface area contributed by atoms with E-state index < -0.39 is 0 Å². The van der Waals surface area contributed by atoms with E-state index in [0.29, 0.717) is 22.5 Å². The van der Waals surface area contributed by atoms with E-state index in [1.807, 2.05) is 0 Å². The molecule has 2 rings (SSSR count). The third-order valence-corrected chi connectivity index (χ3v) is 2.47. The van der Waals surface area contributed by atoms with Crippen LogP contribution in [-0.2, 0) is 0 Å². The van der Waals surface area contributed by atoms with E-state index in [0.717, 1.165) is 12.5 Å². The van der Waals surface area contributed by atoms with Gasteiger partial charge in [0.2, 0.25) is 0 Å². The van der Waals surface area contributed by atoms with Gasteiger partial charge >= 0.3 is 0 Å². The Labute approximate surface area is 104 Å². The van der Waals surface area contributed by atoms with Gasteiger partial charge in [0.05, 0.1) is 0 Å². The van der Waals surface area contributed by atoms with Crippen LogP contribution in [0.5, 0.6) is 0 Å². The summed E-state index contributed by atoms with van der Waals surface area (Å²) in [6.45, 7) is 0. The summed E-state index contributed by atoms with van der Waals surface area (Å²) in [5, 5.41) is 10.3. The third kappa shape index (κ3) is 2.60. The Kier molecular flexibility index (Phi) is 3.48. The van der Waals surface area contributed by atoms with Crippen molar-refractivity contribution in [2.75, 3.05) is 5.32 Å². The fourth-order valence-electron chi connectivity index (χ4n) is 1.61. The van der Waals surface area contributed by atoms with E-state index in [2.05, 4.69) is 5.32 Å². The second-order valence-corrected chi connectivity index (χ2v) is 3.74. The maximum atomic E-state index is 13.0. The summed E-state index contributed by atoms with van der Waals surface area (Å²) in [5.41, 5.74) is 2.32. The molecule has 0 fully saturated rings. The Balaban J connectivity index is 2.34. The molecule has 2 N–H and O–H groups in total. The van der Waals surface area contributed by atoms with Gasteiger partial charge < -0.3 is 10.7 Å². The summed E-state index contributed by atoms with van der Waals surface area (Å²) in [6, 6.07) is 11.0. The van der Waals surface area contributed by atoms with Gasteiger partial charge in [-0.25, -0.2) is 4.39 Å². The van der Waals surface area contributed by atoms with Crippen LogP contribution in [0.25, 0.3) is 0 Å². The number of aldehydes is 1. The molecule has 0 amide bonds. The molecule has 0 saturated heterocycles. The van der Waals surface area contributed by atoms with Gasteiger partial charge in [-0.3, -0.25) is 4.79 Å². The summed E-state index contributed by atoms with van der Waals surface area (Å²) >= 11 is 0. The van der Waals surface area contributed by atoms with Crippen LogP contribution in [0.4, 0.5) is 15.8 Å². The number of rotatable bonds is 4. The number of hydrogen-bond acceptors (Lipinski definition) is 3. The van der Waals surface area contributed by atoms with Crippen LogP contribution in [0.3, 0.4) is 0 Å². The molecule has 0 aliphatic rings. The van der Waals surface area contributed by atoms with Crippen molar-refractivity contribution in [1.29, 1.82) is 5.41 Å². The molecule has 2 aromatic carbocycles. The Morgan fingerprint density at radius 2 is 2.00 bits per heavy atom. The maximum absolute atomic E-state index is 13.0. The monoisotopic (exact) mass is 242 g/mol. The van der Waals surface area contributed by atoms with Crippen LogP contribution in [0, 0.1) is 11.2 Å². The lowest BCUT2D eigenvalue weighted by molar-refractivity contribution is 0.112. The molecule has 0 atom stereocenters. The van der Waals surface area contributed by atoms with Crippen molar-refractivity contribution in [2.45, 2.75) is 0 Å². The van der Waals surface area contributed by atoms with Crippen molar-refractivity contribution in [2.24, 2.45) is 0 Å². The van der Waals surface area contributed by atoms with Crippen molar-refractivity contribution in [1.82, 2.24) is 0 Å². The summed E-state index contributed by atoms with van der Waals surface area (Å²) in [4.78, 5) is 10.6. The first-order chi connectivity index (χ1) is 8.72. The van der Waals surface area contributed by atoms with Crippen molar-refractivity contribution < 1.29 is 9.18 Å². The fraction of sp³-hybridized carbons (Fsp3) is 0. The predicted octanol–water partition coefficient (Wildman–Crippen LogP) is 3.38. The minimum absolute atomic E-state index is 0.332. The summed E-state index contributed by atoms with van der Waals surface area (Å²) in [5.74, 6) is -0.332. The number of carbonyl (C=O) groups excluding carboxylic acids is 1. The van der Waals surface area contributed by atoms with Crippen LogP contribution in [0.1, 0.15) is 15.9 Å². The third-order valence-electron chi connectivity index (χ3n) is 2.47. The maximum Gasteiger partial charge on any atom is 0.150 e. The molecule has 0 aliphatic heterocycles. The van der Waals surface area contributed by atoms with E-state index in [1.54, 1.807) is 30.3 Å². The largest absolute Gasteiger partial charge is 0.355 e. The topological polar surface area (TPSA) is 53.0 Å². The van der Waals surface area contributed by atoms with Crippen LogP contribution in [-0.4, -0.2) is 12.5 Å². The lowest BCUT2D eigenvalue weighted by Crippen LogP contribution is -1.97.